The molecule has 6 nitrogen and oxygen atoms in total. The molecule has 1 fully saturated rings. The van der Waals surface area contributed by atoms with Gasteiger partial charge in [-0.15, -0.1) is 0 Å². The molecule has 1 aliphatic carbocycles. The number of anilines is 2. The number of nitrogens with one attached hydrogen (secondary N) is 1. The summed E-state index contributed by atoms with van der Waals surface area (Å²) >= 11 is 1.68. The minimum Gasteiger partial charge on any atom is -0.450 e. The summed E-state index contributed by atoms with van der Waals surface area (Å²) in [4.78, 5) is 25.9. The van der Waals surface area contributed by atoms with Crippen LogP contribution in [0.4, 0.5) is 15.6 Å². The van der Waals surface area contributed by atoms with Crippen molar-refractivity contribution in [2.24, 2.45) is 5.92 Å². The molecular weight excluding hydrogens is 460 g/mol. The second kappa shape index (κ2) is 10.7. The molecule has 4 aromatic rings. The monoisotopic (exact) mass is 488 g/mol. The second-order valence-electron chi connectivity index (χ2n) is 8.83. The van der Waals surface area contributed by atoms with Crippen LogP contribution < -0.4 is 5.32 Å². The molecule has 0 bridgehead atoms. The lowest BCUT2D eigenvalue weighted by atomic mass is 9.94. The molecule has 3 aromatic carbocycles. The minimum absolute atomic E-state index is 0.228. The molecule has 5 rings (SSSR count). The van der Waals surface area contributed by atoms with Crippen molar-refractivity contribution in [1.29, 1.82) is 0 Å². The largest absolute Gasteiger partial charge is 0.503 e. The van der Waals surface area contributed by atoms with Crippen LogP contribution in [0.1, 0.15) is 47.2 Å². The van der Waals surface area contributed by atoms with Gasteiger partial charge < -0.3 is 15.5 Å². The topological polar surface area (TPSA) is 99.5 Å². The standard InChI is InChI=1S/C27H26N2OS.CH2O3/c1-17-15-24-25(16-18(17)2)31-27(29-24)28-23-13-11-20(12-14-23)19-7-9-22(10-8-19)26(30)21-5-3-4-6-21;2-1(3)4/h7-16,21H,3-6H2,1-2H3,(H,28,29);(H2,2,3,4). The van der Waals surface area contributed by atoms with Gasteiger partial charge in [-0.25, -0.2) is 9.78 Å². The Morgan fingerprint density at radius 3 is 2.03 bits per heavy atom. The van der Waals surface area contributed by atoms with Crippen molar-refractivity contribution in [3.63, 3.8) is 0 Å². The van der Waals surface area contributed by atoms with Crippen LogP contribution in [0.25, 0.3) is 21.3 Å². The number of thiazole rings is 1. The molecule has 1 aliphatic rings. The number of nitrogens with zero attached hydrogens (tertiary/aromatic N) is 1. The summed E-state index contributed by atoms with van der Waals surface area (Å²) in [5.41, 5.74) is 7.73. The van der Waals surface area contributed by atoms with E-state index in [1.54, 1.807) is 11.3 Å². The number of hydrogen-bond acceptors (Lipinski definition) is 5. The molecule has 3 N–H and O–H groups in total. The molecule has 1 saturated carbocycles. The minimum atomic E-state index is -1.83. The van der Waals surface area contributed by atoms with Gasteiger partial charge in [-0.2, -0.15) is 0 Å². The van der Waals surface area contributed by atoms with E-state index in [0.29, 0.717) is 5.78 Å². The van der Waals surface area contributed by atoms with E-state index < -0.39 is 6.16 Å². The fourth-order valence-corrected chi connectivity index (χ4v) is 5.32. The number of rotatable bonds is 5. The molecule has 7 heteroatoms. The first kappa shape index (κ1) is 24.4. The van der Waals surface area contributed by atoms with Crippen LogP contribution in [0, 0.1) is 19.8 Å². The van der Waals surface area contributed by atoms with Crippen LogP contribution in [0.5, 0.6) is 0 Å². The highest BCUT2D eigenvalue weighted by Crippen LogP contribution is 2.32. The van der Waals surface area contributed by atoms with Gasteiger partial charge >= 0.3 is 6.16 Å². The molecule has 35 heavy (non-hydrogen) atoms. The first-order valence-corrected chi connectivity index (χ1v) is 12.4. The molecular formula is C28H28N2O4S. The van der Waals surface area contributed by atoms with E-state index in [0.717, 1.165) is 45.9 Å². The Morgan fingerprint density at radius 1 is 0.886 bits per heavy atom. The number of aryl methyl sites for hydroxylation is 2. The van der Waals surface area contributed by atoms with Crippen LogP contribution in [0.3, 0.4) is 0 Å². The van der Waals surface area contributed by atoms with Crippen molar-refractivity contribution in [2.45, 2.75) is 39.5 Å². The van der Waals surface area contributed by atoms with Gasteiger partial charge in [0.2, 0.25) is 0 Å². The van der Waals surface area contributed by atoms with Crippen molar-refractivity contribution < 1.29 is 19.8 Å². The number of fused-ring (bicyclic) bond motifs is 1. The van der Waals surface area contributed by atoms with Crippen LogP contribution >= 0.6 is 11.3 Å². The number of hydrogen-bond donors (Lipinski definition) is 3. The number of carboxylic acid groups (broad SMARTS) is 2. The van der Waals surface area contributed by atoms with Crippen LogP contribution in [0.15, 0.2) is 60.7 Å². The van der Waals surface area contributed by atoms with Crippen molar-refractivity contribution in [2.75, 3.05) is 5.32 Å². The van der Waals surface area contributed by atoms with Crippen LogP contribution in [-0.2, 0) is 0 Å². The third kappa shape index (κ3) is 6.05. The third-order valence-electron chi connectivity index (χ3n) is 6.37. The average Bonchev–Trinajstić information content (AvgIpc) is 3.49. The van der Waals surface area contributed by atoms with E-state index in [1.165, 1.54) is 28.7 Å². The Hall–Kier alpha value is -3.71. The van der Waals surface area contributed by atoms with Crippen molar-refractivity contribution in [3.8, 4) is 11.1 Å². The van der Waals surface area contributed by atoms with Crippen molar-refractivity contribution in [3.05, 3.63) is 77.4 Å². The van der Waals surface area contributed by atoms with E-state index in [-0.39, 0.29) is 5.92 Å². The first-order chi connectivity index (χ1) is 16.8. The zero-order chi connectivity index (χ0) is 24.9. The molecule has 0 aliphatic heterocycles. The SMILES string of the molecule is Cc1cc2nc(Nc3ccc(-c4ccc(C(=O)C5CCCC5)cc4)cc3)sc2cc1C.O=C(O)O. The Labute approximate surface area is 208 Å². The number of Topliss-reactive ketones (excluding diaryl/α,β-unsaturated/α-hetero) is 1. The average molecular weight is 489 g/mol. The van der Waals surface area contributed by atoms with Crippen LogP contribution in [-0.4, -0.2) is 27.1 Å². The number of carbonyl (C=O) groups excluding carboxylic acids is 1. The van der Waals surface area contributed by atoms with Gasteiger partial charge in [0.1, 0.15) is 0 Å². The predicted molar refractivity (Wildman–Crippen MR) is 141 cm³/mol. The van der Waals surface area contributed by atoms with Crippen molar-refractivity contribution in [1.82, 2.24) is 4.98 Å². The van der Waals surface area contributed by atoms with Crippen LogP contribution in [0.2, 0.25) is 0 Å². The smallest absolute Gasteiger partial charge is 0.450 e. The summed E-state index contributed by atoms with van der Waals surface area (Å²) in [6, 6.07) is 20.8. The lowest BCUT2D eigenvalue weighted by Crippen LogP contribution is -2.10. The molecule has 1 aromatic heterocycles. The highest BCUT2D eigenvalue weighted by atomic mass is 32.1. The van der Waals surface area contributed by atoms with E-state index in [4.69, 9.17) is 20.0 Å². The zero-order valence-corrected chi connectivity index (χ0v) is 20.6. The first-order valence-electron chi connectivity index (χ1n) is 11.6. The Balaban J connectivity index is 0.000000672. The number of aromatic nitrogens is 1. The molecule has 1 heterocycles. The lowest BCUT2D eigenvalue weighted by molar-refractivity contribution is 0.0922. The molecule has 180 valence electrons. The molecule has 0 saturated heterocycles. The summed E-state index contributed by atoms with van der Waals surface area (Å²) in [5.74, 6) is 0.538. The Kier molecular flexibility index (Phi) is 7.46. The zero-order valence-electron chi connectivity index (χ0n) is 19.7. The maximum absolute atomic E-state index is 12.6. The molecule has 0 amide bonds. The normalized spacial score (nSPS) is 13.3. The fourth-order valence-electron chi connectivity index (χ4n) is 4.35. The van der Waals surface area contributed by atoms with Gasteiger partial charge in [-0.05, 0) is 73.2 Å². The van der Waals surface area contributed by atoms with Gasteiger partial charge in [0.25, 0.3) is 0 Å². The number of ketones is 1. The highest BCUT2D eigenvalue weighted by molar-refractivity contribution is 7.22. The predicted octanol–water partition coefficient (Wildman–Crippen LogP) is 7.92. The van der Waals surface area contributed by atoms with E-state index in [2.05, 4.69) is 67.7 Å². The highest BCUT2D eigenvalue weighted by Gasteiger charge is 2.23. The van der Waals surface area contributed by atoms with Gasteiger partial charge in [0, 0.05) is 17.2 Å². The molecule has 0 spiro atoms. The maximum atomic E-state index is 12.6. The Bertz CT molecular complexity index is 1300. The van der Waals surface area contributed by atoms with Gasteiger partial charge in [0.15, 0.2) is 10.9 Å². The molecule has 0 unspecified atom stereocenters. The summed E-state index contributed by atoms with van der Waals surface area (Å²) in [6.45, 7) is 4.26. The molecule has 0 radical (unpaired) electrons. The summed E-state index contributed by atoms with van der Waals surface area (Å²) in [5, 5.41) is 18.3. The summed E-state index contributed by atoms with van der Waals surface area (Å²) < 4.78 is 1.20. The Morgan fingerprint density at radius 2 is 1.43 bits per heavy atom. The summed E-state index contributed by atoms with van der Waals surface area (Å²) in [7, 11) is 0. The van der Waals surface area contributed by atoms with E-state index in [1.807, 2.05) is 12.1 Å². The number of carbonyl (C=O) groups is 2. The van der Waals surface area contributed by atoms with Crippen molar-refractivity contribution >= 4 is 44.3 Å². The second-order valence-corrected chi connectivity index (χ2v) is 9.86. The third-order valence-corrected chi connectivity index (χ3v) is 7.30. The maximum Gasteiger partial charge on any atom is 0.503 e. The molecule has 0 atom stereocenters. The van der Waals surface area contributed by atoms with Gasteiger partial charge in [0.05, 0.1) is 10.2 Å². The van der Waals surface area contributed by atoms with Gasteiger partial charge in [-0.1, -0.05) is 60.6 Å². The quantitative estimate of drug-likeness (QED) is 0.247. The van der Waals surface area contributed by atoms with Gasteiger partial charge in [-0.3, -0.25) is 4.79 Å². The number of benzene rings is 3. The fraction of sp³-hybridized carbons (Fsp3) is 0.250. The lowest BCUT2D eigenvalue weighted by Gasteiger charge is -2.09. The van der Waals surface area contributed by atoms with E-state index >= 15 is 0 Å². The summed E-state index contributed by atoms with van der Waals surface area (Å²) in [6.07, 6.45) is 2.63. The van der Waals surface area contributed by atoms with E-state index in [9.17, 15) is 4.79 Å².